The molecule has 0 saturated carbocycles. The van der Waals surface area contributed by atoms with Gasteiger partial charge in [0, 0.05) is 28.2 Å². The van der Waals surface area contributed by atoms with Crippen LogP contribution in [0, 0.1) is 0 Å². The SMILES string of the molecule is CC(C)(c1ccc(Oc2ccc3c(c2)C(=O)OC3=O)cc1)c1ccc(Oc2ccc3c(c2)C(=O)OC3=O)cc1.Nc1ccc(N)cc1.Nc1cccc(N)c1. The van der Waals surface area contributed by atoms with Crippen molar-refractivity contribution in [2.45, 2.75) is 19.3 Å². The quantitative estimate of drug-likeness (QED) is 0.0730. The summed E-state index contributed by atoms with van der Waals surface area (Å²) in [6.45, 7) is 4.20. The lowest BCUT2D eigenvalue weighted by atomic mass is 9.78. The summed E-state index contributed by atoms with van der Waals surface area (Å²) < 4.78 is 21.0. The molecule has 0 radical (unpaired) electrons. The van der Waals surface area contributed by atoms with Gasteiger partial charge < -0.3 is 41.9 Å². The average molecular weight is 737 g/mol. The number of carbonyl (C=O) groups excluding carboxylic acids is 4. The molecule has 0 atom stereocenters. The van der Waals surface area contributed by atoms with E-state index in [1.165, 1.54) is 24.3 Å². The molecule has 12 heteroatoms. The molecule has 0 unspecified atom stereocenters. The van der Waals surface area contributed by atoms with Crippen LogP contribution >= 0.6 is 0 Å². The Morgan fingerprint density at radius 3 is 1.09 bits per heavy atom. The fourth-order valence-electron chi connectivity index (χ4n) is 5.63. The van der Waals surface area contributed by atoms with Gasteiger partial charge in [-0.05, 0) is 114 Å². The number of nitrogen functional groups attached to an aromatic ring is 4. The van der Waals surface area contributed by atoms with Gasteiger partial charge >= 0.3 is 23.9 Å². The molecule has 0 aliphatic carbocycles. The van der Waals surface area contributed by atoms with E-state index in [-0.39, 0.29) is 27.7 Å². The van der Waals surface area contributed by atoms with Crippen molar-refractivity contribution in [3.63, 3.8) is 0 Å². The lowest BCUT2D eigenvalue weighted by Crippen LogP contribution is -2.18. The van der Waals surface area contributed by atoms with Crippen molar-refractivity contribution in [3.8, 4) is 23.0 Å². The Labute approximate surface area is 316 Å². The van der Waals surface area contributed by atoms with Crippen LogP contribution in [0.4, 0.5) is 22.7 Å². The van der Waals surface area contributed by atoms with Crippen LogP contribution < -0.4 is 32.4 Å². The third kappa shape index (κ3) is 8.72. The summed E-state index contributed by atoms with van der Waals surface area (Å²) in [6, 6.07) is 38.7. The van der Waals surface area contributed by atoms with Crippen LogP contribution in [-0.4, -0.2) is 23.9 Å². The van der Waals surface area contributed by atoms with E-state index in [4.69, 9.17) is 32.4 Å². The van der Waals surface area contributed by atoms with Crippen molar-refractivity contribution >= 4 is 46.6 Å². The van der Waals surface area contributed by atoms with Gasteiger partial charge in [-0.15, -0.1) is 0 Å². The minimum absolute atomic E-state index is 0.191. The Kier molecular flexibility index (Phi) is 10.5. The Morgan fingerprint density at radius 1 is 0.400 bits per heavy atom. The van der Waals surface area contributed by atoms with Gasteiger partial charge in [-0.25, -0.2) is 19.2 Å². The molecular weight excluding hydrogens is 700 g/mol. The predicted octanol–water partition coefficient (Wildman–Crippen LogP) is 7.92. The van der Waals surface area contributed by atoms with Crippen molar-refractivity contribution < 1.29 is 38.1 Å². The molecule has 0 saturated heterocycles. The first kappa shape index (κ1) is 37.2. The minimum atomic E-state index is -0.678. The maximum absolute atomic E-state index is 11.8. The zero-order valence-electron chi connectivity index (χ0n) is 29.8. The molecule has 2 aliphatic rings. The summed E-state index contributed by atoms with van der Waals surface area (Å²) in [6.07, 6.45) is 0. The molecule has 12 nitrogen and oxygen atoms in total. The van der Waals surface area contributed by atoms with Gasteiger partial charge in [-0.2, -0.15) is 0 Å². The zero-order chi connectivity index (χ0) is 39.3. The molecule has 0 fully saturated rings. The number of carbonyl (C=O) groups is 4. The maximum atomic E-state index is 11.8. The number of hydrogen-bond acceptors (Lipinski definition) is 12. The molecule has 0 spiro atoms. The smallest absolute Gasteiger partial charge is 0.347 e. The maximum Gasteiger partial charge on any atom is 0.347 e. The Hall–Kier alpha value is -7.60. The van der Waals surface area contributed by atoms with E-state index in [0.29, 0.717) is 34.4 Å². The molecule has 8 N–H and O–H groups in total. The summed E-state index contributed by atoms with van der Waals surface area (Å²) in [5, 5.41) is 0. The van der Waals surface area contributed by atoms with Crippen LogP contribution in [0.1, 0.15) is 66.4 Å². The van der Waals surface area contributed by atoms with Gasteiger partial charge in [0.05, 0.1) is 22.3 Å². The van der Waals surface area contributed by atoms with Crippen molar-refractivity contribution in [2.75, 3.05) is 22.9 Å². The number of ether oxygens (including phenoxy) is 4. The summed E-state index contributed by atoms with van der Waals surface area (Å²) >= 11 is 0. The summed E-state index contributed by atoms with van der Waals surface area (Å²) in [4.78, 5) is 46.9. The van der Waals surface area contributed by atoms with E-state index in [1.807, 2.05) is 54.6 Å². The highest BCUT2D eigenvalue weighted by Crippen LogP contribution is 2.36. The number of cyclic esters (lactones) is 4. The summed E-state index contributed by atoms with van der Waals surface area (Å²) in [5.41, 5.74) is 27.0. The lowest BCUT2D eigenvalue weighted by Gasteiger charge is -2.26. The number of rotatable bonds is 6. The molecule has 6 aromatic rings. The van der Waals surface area contributed by atoms with Crippen LogP contribution in [0.5, 0.6) is 23.0 Å². The number of benzene rings is 6. The van der Waals surface area contributed by atoms with Gasteiger partial charge in [0.15, 0.2) is 0 Å². The second-order valence-corrected chi connectivity index (χ2v) is 13.0. The van der Waals surface area contributed by atoms with Gasteiger partial charge in [-0.1, -0.05) is 44.2 Å². The number of nitrogens with two attached hydrogens (primary N) is 4. The van der Waals surface area contributed by atoms with Crippen LogP contribution in [0.3, 0.4) is 0 Å². The first-order valence-corrected chi connectivity index (χ1v) is 16.9. The van der Waals surface area contributed by atoms with Crippen LogP contribution in [0.25, 0.3) is 0 Å². The third-order valence-electron chi connectivity index (χ3n) is 8.70. The normalized spacial score (nSPS) is 12.5. The van der Waals surface area contributed by atoms with Crippen LogP contribution in [0.15, 0.2) is 133 Å². The molecule has 0 amide bonds. The van der Waals surface area contributed by atoms with E-state index < -0.39 is 23.9 Å². The Morgan fingerprint density at radius 2 is 0.745 bits per heavy atom. The molecule has 2 aliphatic heterocycles. The van der Waals surface area contributed by atoms with Crippen molar-refractivity contribution in [1.82, 2.24) is 0 Å². The Balaban J connectivity index is 0.000000265. The number of hydrogen-bond donors (Lipinski definition) is 4. The van der Waals surface area contributed by atoms with E-state index in [1.54, 1.807) is 54.6 Å². The van der Waals surface area contributed by atoms with E-state index in [0.717, 1.165) is 22.5 Å². The molecule has 55 heavy (non-hydrogen) atoms. The van der Waals surface area contributed by atoms with Gasteiger partial charge in [0.25, 0.3) is 0 Å². The first-order chi connectivity index (χ1) is 26.3. The molecule has 8 rings (SSSR count). The monoisotopic (exact) mass is 736 g/mol. The van der Waals surface area contributed by atoms with Crippen molar-refractivity contribution in [2.24, 2.45) is 0 Å². The highest BCUT2D eigenvalue weighted by Gasteiger charge is 2.31. The largest absolute Gasteiger partial charge is 0.457 e. The van der Waals surface area contributed by atoms with E-state index >= 15 is 0 Å². The van der Waals surface area contributed by atoms with Crippen LogP contribution in [-0.2, 0) is 14.9 Å². The number of anilines is 4. The van der Waals surface area contributed by atoms with Crippen molar-refractivity contribution in [3.05, 3.63) is 167 Å². The highest BCUT2D eigenvalue weighted by atomic mass is 16.6. The van der Waals surface area contributed by atoms with Gasteiger partial charge in [0.2, 0.25) is 0 Å². The molecule has 6 aromatic carbocycles. The average Bonchev–Trinajstić information content (AvgIpc) is 3.61. The van der Waals surface area contributed by atoms with Gasteiger partial charge in [0.1, 0.15) is 23.0 Å². The predicted molar refractivity (Wildman–Crippen MR) is 208 cm³/mol. The van der Waals surface area contributed by atoms with Crippen LogP contribution in [0.2, 0.25) is 0 Å². The summed E-state index contributed by atoms with van der Waals surface area (Å²) in [7, 11) is 0. The van der Waals surface area contributed by atoms with Gasteiger partial charge in [-0.3, -0.25) is 0 Å². The number of esters is 4. The third-order valence-corrected chi connectivity index (χ3v) is 8.70. The zero-order valence-corrected chi connectivity index (χ0v) is 29.8. The van der Waals surface area contributed by atoms with E-state index in [9.17, 15) is 19.2 Å². The molecular formula is C43H36N4O8. The standard InChI is InChI=1S/C31H20O8.2C6H8N2/c1-31(2,17-3-7-19(8-4-17)36-21-11-13-23-25(15-21)29(34)38-27(23)32)18-5-9-20(10-6-18)37-22-12-14-24-26(16-22)30(35)39-28(24)33;7-5-1-2-6(8)4-3-5;7-5-2-1-3-6(8)4-5/h3-16H,1-2H3;2*1-4H,7-8H2. The molecule has 0 aromatic heterocycles. The number of fused-ring (bicyclic) bond motifs is 2. The second-order valence-electron chi connectivity index (χ2n) is 13.0. The topological polar surface area (TPSA) is 209 Å². The summed E-state index contributed by atoms with van der Waals surface area (Å²) in [5.74, 6) is -0.651. The minimum Gasteiger partial charge on any atom is -0.457 e. The molecule has 0 bridgehead atoms. The molecule has 2 heterocycles. The fraction of sp³-hybridized carbons (Fsp3) is 0.0698. The second kappa shape index (κ2) is 15.6. The highest BCUT2D eigenvalue weighted by molar-refractivity contribution is 6.15. The van der Waals surface area contributed by atoms with E-state index in [2.05, 4.69) is 23.3 Å². The van der Waals surface area contributed by atoms with Crippen molar-refractivity contribution in [1.29, 1.82) is 0 Å². The lowest BCUT2D eigenvalue weighted by molar-refractivity contribution is 0.0425. The first-order valence-electron chi connectivity index (χ1n) is 16.9. The fourth-order valence-corrected chi connectivity index (χ4v) is 5.63. The Bertz CT molecular complexity index is 2250. The molecule has 276 valence electrons.